The lowest BCUT2D eigenvalue weighted by Crippen LogP contribution is -2.38. The zero-order valence-electron chi connectivity index (χ0n) is 18.2. The monoisotopic (exact) mass is 408 g/mol. The Morgan fingerprint density at radius 1 is 1.07 bits per heavy atom. The summed E-state index contributed by atoms with van der Waals surface area (Å²) in [6.07, 6.45) is 6.99. The number of anilines is 1. The molecular formula is C24H32N4O2. The number of nitrogens with zero attached hydrogens (tertiary/aromatic N) is 3. The number of amides is 2. The van der Waals surface area contributed by atoms with Gasteiger partial charge in [0.1, 0.15) is 0 Å². The van der Waals surface area contributed by atoms with Crippen LogP contribution in [-0.2, 0) is 16.0 Å². The Kier molecular flexibility index (Phi) is 7.57. The Hall–Kier alpha value is -2.73. The molecule has 1 aromatic carbocycles. The summed E-state index contributed by atoms with van der Waals surface area (Å²) in [4.78, 5) is 33.2. The molecule has 0 radical (unpaired) electrons. The summed E-state index contributed by atoms with van der Waals surface area (Å²) in [5.41, 5.74) is 4.19. The van der Waals surface area contributed by atoms with Crippen LogP contribution in [0.3, 0.4) is 0 Å². The molecule has 1 aliphatic rings. The minimum atomic E-state index is -0.0159. The number of carbonyl (C=O) groups excluding carboxylic acids is 2. The van der Waals surface area contributed by atoms with E-state index < -0.39 is 0 Å². The molecule has 0 atom stereocenters. The van der Waals surface area contributed by atoms with E-state index in [-0.39, 0.29) is 11.8 Å². The molecule has 1 heterocycles. The van der Waals surface area contributed by atoms with Crippen LogP contribution in [0.4, 0.5) is 5.69 Å². The summed E-state index contributed by atoms with van der Waals surface area (Å²) in [6, 6.07) is 10.4. The lowest BCUT2D eigenvalue weighted by molar-refractivity contribution is -0.130. The molecule has 1 aromatic heterocycles. The van der Waals surface area contributed by atoms with Gasteiger partial charge in [0, 0.05) is 50.7 Å². The van der Waals surface area contributed by atoms with Gasteiger partial charge in [0.2, 0.25) is 11.8 Å². The van der Waals surface area contributed by atoms with Crippen molar-refractivity contribution >= 4 is 17.5 Å². The summed E-state index contributed by atoms with van der Waals surface area (Å²) in [5, 5.41) is 3.06. The second-order valence-electron chi connectivity index (χ2n) is 8.19. The predicted molar refractivity (Wildman–Crippen MR) is 119 cm³/mol. The van der Waals surface area contributed by atoms with Crippen molar-refractivity contribution in [3.63, 3.8) is 0 Å². The third-order valence-corrected chi connectivity index (χ3v) is 5.68. The molecule has 1 aliphatic carbocycles. The van der Waals surface area contributed by atoms with Gasteiger partial charge in [0.15, 0.2) is 0 Å². The quantitative estimate of drug-likeness (QED) is 0.656. The number of carbonyl (C=O) groups is 2. The van der Waals surface area contributed by atoms with Gasteiger partial charge in [-0.05, 0) is 61.9 Å². The first kappa shape index (κ1) is 22.0. The van der Waals surface area contributed by atoms with Crippen LogP contribution in [0, 0.1) is 13.8 Å². The van der Waals surface area contributed by atoms with Gasteiger partial charge in [-0.2, -0.15) is 0 Å². The summed E-state index contributed by atoms with van der Waals surface area (Å²) in [5.74, 6) is 0.0997. The third kappa shape index (κ3) is 6.39. The molecular weight excluding hydrogens is 376 g/mol. The third-order valence-electron chi connectivity index (χ3n) is 5.68. The van der Waals surface area contributed by atoms with Gasteiger partial charge in [-0.3, -0.25) is 19.5 Å². The Morgan fingerprint density at radius 2 is 1.73 bits per heavy atom. The van der Waals surface area contributed by atoms with Crippen molar-refractivity contribution in [1.29, 1.82) is 0 Å². The van der Waals surface area contributed by atoms with Crippen molar-refractivity contribution in [2.24, 2.45) is 0 Å². The first-order valence-corrected chi connectivity index (χ1v) is 10.7. The zero-order chi connectivity index (χ0) is 21.5. The van der Waals surface area contributed by atoms with Crippen molar-refractivity contribution in [1.82, 2.24) is 14.8 Å². The van der Waals surface area contributed by atoms with Crippen LogP contribution >= 0.6 is 0 Å². The molecule has 1 saturated carbocycles. The topological polar surface area (TPSA) is 65.5 Å². The summed E-state index contributed by atoms with van der Waals surface area (Å²) >= 11 is 0. The Labute approximate surface area is 179 Å². The summed E-state index contributed by atoms with van der Waals surface area (Å²) in [6.45, 7) is 5.62. The fourth-order valence-electron chi connectivity index (χ4n) is 3.61. The number of pyridine rings is 1. The number of likely N-dealkylation sites (N-methyl/N-ethyl adjacent to an activating group) is 1. The Balaban J connectivity index is 1.47. The smallest absolute Gasteiger partial charge is 0.238 e. The fraction of sp³-hybridized carbons (Fsp3) is 0.458. The van der Waals surface area contributed by atoms with Crippen LogP contribution in [0.2, 0.25) is 0 Å². The molecule has 0 bridgehead atoms. The first-order valence-electron chi connectivity index (χ1n) is 10.7. The standard InChI is InChI=1S/C24H32N4O2/c1-18-5-4-6-19(2)24(18)26-22(29)17-28(21-7-8-21)16-12-23(30)27(3)15-11-20-9-13-25-14-10-20/h4-6,9-10,13-14,21H,7-8,11-12,15-17H2,1-3H3,(H,26,29). The van der Waals surface area contributed by atoms with Gasteiger partial charge < -0.3 is 10.2 Å². The van der Waals surface area contributed by atoms with Crippen molar-refractivity contribution in [3.8, 4) is 0 Å². The maximum atomic E-state index is 12.6. The summed E-state index contributed by atoms with van der Waals surface area (Å²) < 4.78 is 0. The number of rotatable bonds is 10. The van der Waals surface area contributed by atoms with Crippen LogP contribution in [0.15, 0.2) is 42.7 Å². The van der Waals surface area contributed by atoms with E-state index in [4.69, 9.17) is 0 Å². The molecule has 30 heavy (non-hydrogen) atoms. The van der Waals surface area contributed by atoms with Crippen LogP contribution in [0.5, 0.6) is 0 Å². The molecule has 160 valence electrons. The van der Waals surface area contributed by atoms with Gasteiger partial charge in [-0.15, -0.1) is 0 Å². The van der Waals surface area contributed by atoms with E-state index in [2.05, 4.69) is 15.2 Å². The average molecular weight is 409 g/mol. The SMILES string of the molecule is Cc1cccc(C)c1NC(=O)CN(CCC(=O)N(C)CCc1ccncc1)C1CC1. The minimum Gasteiger partial charge on any atom is -0.345 e. The molecule has 1 fully saturated rings. The van der Waals surface area contributed by atoms with Crippen LogP contribution < -0.4 is 5.32 Å². The number of aryl methyl sites for hydroxylation is 2. The number of para-hydroxylation sites is 1. The van der Waals surface area contributed by atoms with E-state index in [9.17, 15) is 9.59 Å². The molecule has 6 heteroatoms. The van der Waals surface area contributed by atoms with E-state index in [1.165, 1.54) is 5.56 Å². The maximum absolute atomic E-state index is 12.6. The fourth-order valence-corrected chi connectivity index (χ4v) is 3.61. The highest BCUT2D eigenvalue weighted by molar-refractivity contribution is 5.93. The van der Waals surface area contributed by atoms with Crippen molar-refractivity contribution < 1.29 is 9.59 Å². The molecule has 3 rings (SSSR count). The molecule has 0 aliphatic heterocycles. The second kappa shape index (κ2) is 10.3. The zero-order valence-corrected chi connectivity index (χ0v) is 18.2. The van der Waals surface area contributed by atoms with Crippen molar-refractivity contribution in [2.45, 2.75) is 45.6 Å². The highest BCUT2D eigenvalue weighted by Crippen LogP contribution is 2.27. The Bertz CT molecular complexity index is 845. The van der Waals surface area contributed by atoms with E-state index in [1.807, 2.05) is 51.2 Å². The number of benzene rings is 1. The highest BCUT2D eigenvalue weighted by Gasteiger charge is 2.30. The number of nitrogens with one attached hydrogen (secondary N) is 1. The lowest BCUT2D eigenvalue weighted by atomic mass is 10.1. The minimum absolute atomic E-state index is 0.0159. The second-order valence-corrected chi connectivity index (χ2v) is 8.19. The average Bonchev–Trinajstić information content (AvgIpc) is 3.58. The van der Waals surface area contributed by atoms with Crippen molar-refractivity contribution in [2.75, 3.05) is 32.0 Å². The number of aromatic nitrogens is 1. The van der Waals surface area contributed by atoms with E-state index >= 15 is 0 Å². The van der Waals surface area contributed by atoms with Gasteiger partial charge >= 0.3 is 0 Å². The Morgan fingerprint density at radius 3 is 2.37 bits per heavy atom. The molecule has 2 aromatic rings. The van der Waals surface area contributed by atoms with Gasteiger partial charge in [0.25, 0.3) is 0 Å². The molecule has 0 saturated heterocycles. The van der Waals surface area contributed by atoms with Crippen molar-refractivity contribution in [3.05, 3.63) is 59.4 Å². The molecule has 1 N–H and O–H groups in total. The van der Waals surface area contributed by atoms with Crippen LogP contribution in [0.25, 0.3) is 0 Å². The van der Waals surface area contributed by atoms with E-state index in [0.717, 1.165) is 36.1 Å². The highest BCUT2D eigenvalue weighted by atomic mass is 16.2. The maximum Gasteiger partial charge on any atom is 0.238 e. The first-order chi connectivity index (χ1) is 14.4. The molecule has 0 unspecified atom stereocenters. The number of hydrogen-bond donors (Lipinski definition) is 1. The van der Waals surface area contributed by atoms with Crippen LogP contribution in [0.1, 0.15) is 36.0 Å². The predicted octanol–water partition coefficient (Wildman–Crippen LogP) is 3.19. The summed E-state index contributed by atoms with van der Waals surface area (Å²) in [7, 11) is 1.85. The normalized spacial score (nSPS) is 13.3. The molecule has 2 amide bonds. The van der Waals surface area contributed by atoms with Crippen LogP contribution in [-0.4, -0.2) is 59.3 Å². The largest absolute Gasteiger partial charge is 0.345 e. The van der Waals surface area contributed by atoms with Gasteiger partial charge in [-0.25, -0.2) is 0 Å². The van der Waals surface area contributed by atoms with E-state index in [1.54, 1.807) is 17.3 Å². The molecule has 6 nitrogen and oxygen atoms in total. The lowest BCUT2D eigenvalue weighted by Gasteiger charge is -2.23. The molecule has 0 spiro atoms. The van der Waals surface area contributed by atoms with Gasteiger partial charge in [-0.1, -0.05) is 18.2 Å². The number of hydrogen-bond acceptors (Lipinski definition) is 4. The van der Waals surface area contributed by atoms with Gasteiger partial charge in [0.05, 0.1) is 6.54 Å². The van der Waals surface area contributed by atoms with E-state index in [0.29, 0.717) is 32.1 Å².